The van der Waals surface area contributed by atoms with E-state index in [4.69, 9.17) is 19.9 Å². The molecular weight excluding hydrogens is 415 g/mol. The molecule has 0 bridgehead atoms. The molecule has 31 heavy (non-hydrogen) atoms. The van der Waals surface area contributed by atoms with E-state index in [1.165, 1.54) is 0 Å². The van der Waals surface area contributed by atoms with Crippen molar-refractivity contribution < 1.29 is 32.6 Å². The van der Waals surface area contributed by atoms with E-state index in [2.05, 4.69) is 11.1 Å². The van der Waals surface area contributed by atoms with Gasteiger partial charge in [-0.3, -0.25) is 9.78 Å². The molecule has 0 spiro atoms. The highest BCUT2D eigenvalue weighted by atomic mass is 19.4. The third-order valence-electron chi connectivity index (χ3n) is 4.72. The van der Waals surface area contributed by atoms with Gasteiger partial charge in [0, 0.05) is 31.6 Å². The molecule has 1 N–H and O–H groups in total. The minimum Gasteiger partial charge on any atom is -0.475 e. The minimum atomic E-state index is -5.08. The Kier molecular flexibility index (Phi) is 8.10. The predicted octanol–water partition coefficient (Wildman–Crippen LogP) is 3.06. The second-order valence-corrected chi connectivity index (χ2v) is 6.68. The summed E-state index contributed by atoms with van der Waals surface area (Å²) in [4.78, 5) is 27.7. The fourth-order valence-corrected chi connectivity index (χ4v) is 3.24. The number of nitriles is 1. The molecule has 1 saturated heterocycles. The van der Waals surface area contributed by atoms with Gasteiger partial charge in [-0.05, 0) is 48.7 Å². The fourth-order valence-electron chi connectivity index (χ4n) is 3.24. The molecule has 1 aliphatic rings. The van der Waals surface area contributed by atoms with E-state index in [9.17, 15) is 18.0 Å². The molecule has 7 nitrogen and oxygen atoms in total. The average molecular weight is 435 g/mol. The molecule has 0 saturated carbocycles. The van der Waals surface area contributed by atoms with Crippen LogP contribution < -0.4 is 0 Å². The number of benzene rings is 1. The van der Waals surface area contributed by atoms with E-state index >= 15 is 0 Å². The van der Waals surface area contributed by atoms with E-state index in [0.717, 1.165) is 18.4 Å². The quantitative estimate of drug-likeness (QED) is 0.792. The van der Waals surface area contributed by atoms with Crippen molar-refractivity contribution in [2.45, 2.75) is 31.2 Å². The molecule has 0 aliphatic carbocycles. The van der Waals surface area contributed by atoms with Crippen molar-refractivity contribution in [1.82, 2.24) is 9.88 Å². The SMILES string of the molecule is CO[C@H]1CCN(C(=O)c2cccc(C#N)c2)[C@H]1Cc1ccncc1.O=C(O)C(F)(F)F. The number of alkyl halides is 3. The number of hydrogen-bond donors (Lipinski definition) is 1. The van der Waals surface area contributed by atoms with Gasteiger partial charge in [-0.15, -0.1) is 0 Å². The van der Waals surface area contributed by atoms with Crippen LogP contribution in [-0.4, -0.2) is 58.8 Å². The number of hydrogen-bond acceptors (Lipinski definition) is 5. The smallest absolute Gasteiger partial charge is 0.475 e. The van der Waals surface area contributed by atoms with Crippen molar-refractivity contribution in [3.05, 3.63) is 65.5 Å². The molecule has 1 amide bonds. The molecule has 1 aromatic carbocycles. The van der Waals surface area contributed by atoms with Gasteiger partial charge >= 0.3 is 12.1 Å². The highest BCUT2D eigenvalue weighted by molar-refractivity contribution is 5.95. The number of carboxylic acids is 1. The standard InChI is InChI=1S/C19H19N3O2.C2HF3O2/c1-24-18-7-10-22(17(18)12-14-5-8-21-9-6-14)19(23)16-4-2-3-15(11-16)13-20;3-2(4,5)1(6)7/h2-6,8-9,11,17-18H,7,10,12H2,1H3;(H,6,7)/t17-,18-;/m0./s1. The van der Waals surface area contributed by atoms with Crippen LogP contribution in [0.1, 0.15) is 27.9 Å². The zero-order valence-electron chi connectivity index (χ0n) is 16.5. The molecule has 2 aromatic rings. The number of rotatable bonds is 4. The summed E-state index contributed by atoms with van der Waals surface area (Å²) in [5.41, 5.74) is 2.17. The third kappa shape index (κ3) is 6.52. The maximum Gasteiger partial charge on any atom is 0.490 e. The van der Waals surface area contributed by atoms with Gasteiger partial charge in [0.1, 0.15) is 0 Å². The van der Waals surface area contributed by atoms with Crippen LogP contribution in [0.3, 0.4) is 0 Å². The highest BCUT2D eigenvalue weighted by Gasteiger charge is 2.38. The molecular formula is C21H20F3N3O4. The van der Waals surface area contributed by atoms with Gasteiger partial charge in [0.2, 0.25) is 0 Å². The lowest BCUT2D eigenvalue weighted by atomic mass is 10.0. The molecule has 0 unspecified atom stereocenters. The summed E-state index contributed by atoms with van der Waals surface area (Å²) >= 11 is 0. The summed E-state index contributed by atoms with van der Waals surface area (Å²) in [6.45, 7) is 0.657. The van der Waals surface area contributed by atoms with Gasteiger partial charge in [-0.25, -0.2) is 4.79 Å². The first-order valence-corrected chi connectivity index (χ1v) is 9.20. The Morgan fingerprint density at radius 2 is 1.94 bits per heavy atom. The summed E-state index contributed by atoms with van der Waals surface area (Å²) < 4.78 is 37.3. The monoisotopic (exact) mass is 435 g/mol. The number of carbonyl (C=O) groups excluding carboxylic acids is 1. The molecule has 1 aliphatic heterocycles. The molecule has 1 aromatic heterocycles. The Hall–Kier alpha value is -3.45. The maximum atomic E-state index is 12.9. The number of halogens is 3. The van der Waals surface area contributed by atoms with Gasteiger partial charge in [-0.2, -0.15) is 18.4 Å². The molecule has 0 radical (unpaired) electrons. The zero-order chi connectivity index (χ0) is 23.0. The molecule has 1 fully saturated rings. The summed E-state index contributed by atoms with van der Waals surface area (Å²) in [7, 11) is 1.69. The number of pyridine rings is 1. The Morgan fingerprint density at radius 3 is 2.48 bits per heavy atom. The van der Waals surface area contributed by atoms with Gasteiger partial charge < -0.3 is 14.7 Å². The van der Waals surface area contributed by atoms with Crippen molar-refractivity contribution in [2.75, 3.05) is 13.7 Å². The number of carbonyl (C=O) groups is 2. The van der Waals surface area contributed by atoms with Crippen LogP contribution in [0.25, 0.3) is 0 Å². The number of ether oxygens (including phenoxy) is 1. The van der Waals surface area contributed by atoms with Crippen molar-refractivity contribution in [3.8, 4) is 6.07 Å². The van der Waals surface area contributed by atoms with Gasteiger partial charge in [-0.1, -0.05) is 6.07 Å². The van der Waals surface area contributed by atoms with Crippen LogP contribution in [0.5, 0.6) is 0 Å². The second kappa shape index (κ2) is 10.5. The van der Waals surface area contributed by atoms with Crippen molar-refractivity contribution >= 4 is 11.9 Å². The van der Waals surface area contributed by atoms with Crippen molar-refractivity contribution in [2.24, 2.45) is 0 Å². The summed E-state index contributed by atoms with van der Waals surface area (Å²) in [6.07, 6.45) is -0.00882. The van der Waals surface area contributed by atoms with E-state index in [-0.39, 0.29) is 18.1 Å². The van der Waals surface area contributed by atoms with E-state index < -0.39 is 12.1 Å². The van der Waals surface area contributed by atoms with Crippen LogP contribution in [0, 0.1) is 11.3 Å². The summed E-state index contributed by atoms with van der Waals surface area (Å²) in [5, 5.41) is 16.2. The summed E-state index contributed by atoms with van der Waals surface area (Å²) in [5.74, 6) is -2.81. The Balaban J connectivity index is 0.000000423. The molecule has 164 valence electrons. The second-order valence-electron chi connectivity index (χ2n) is 6.68. The topological polar surface area (TPSA) is 104 Å². The minimum absolute atomic E-state index is 0.0151. The number of aromatic nitrogens is 1. The third-order valence-corrected chi connectivity index (χ3v) is 4.72. The Bertz CT molecular complexity index is 945. The number of nitrogens with zero attached hydrogens (tertiary/aromatic N) is 3. The number of methoxy groups -OCH3 is 1. The zero-order valence-corrected chi connectivity index (χ0v) is 16.5. The van der Waals surface area contributed by atoms with Crippen LogP contribution in [0.2, 0.25) is 0 Å². The first-order chi connectivity index (χ1) is 14.7. The molecule has 2 heterocycles. The van der Waals surface area contributed by atoms with E-state index in [1.54, 1.807) is 43.8 Å². The van der Waals surface area contributed by atoms with Crippen molar-refractivity contribution in [3.63, 3.8) is 0 Å². The maximum absolute atomic E-state index is 12.9. The number of likely N-dealkylation sites (tertiary alicyclic amines) is 1. The molecule has 3 rings (SSSR count). The molecule has 10 heteroatoms. The molecule has 2 atom stereocenters. The van der Waals surface area contributed by atoms with Crippen LogP contribution in [-0.2, 0) is 16.0 Å². The number of carboxylic acid groups (broad SMARTS) is 1. The lowest BCUT2D eigenvalue weighted by molar-refractivity contribution is -0.192. The van der Waals surface area contributed by atoms with Crippen LogP contribution in [0.15, 0.2) is 48.8 Å². The Labute approximate surface area is 176 Å². The summed E-state index contributed by atoms with van der Waals surface area (Å²) in [6, 6.07) is 12.8. The average Bonchev–Trinajstić information content (AvgIpc) is 3.16. The van der Waals surface area contributed by atoms with Gasteiger partial charge in [0.25, 0.3) is 5.91 Å². The van der Waals surface area contributed by atoms with Crippen LogP contribution in [0.4, 0.5) is 13.2 Å². The van der Waals surface area contributed by atoms with E-state index in [0.29, 0.717) is 17.7 Å². The van der Waals surface area contributed by atoms with Crippen molar-refractivity contribution in [1.29, 1.82) is 5.26 Å². The highest BCUT2D eigenvalue weighted by Crippen LogP contribution is 2.26. The fraction of sp³-hybridized carbons (Fsp3) is 0.333. The number of amides is 1. The first-order valence-electron chi connectivity index (χ1n) is 9.20. The van der Waals surface area contributed by atoms with Crippen LogP contribution >= 0.6 is 0 Å². The lowest BCUT2D eigenvalue weighted by Gasteiger charge is -2.28. The van der Waals surface area contributed by atoms with Gasteiger partial charge in [0.05, 0.1) is 23.8 Å². The normalized spacial score (nSPS) is 18.0. The Morgan fingerprint density at radius 1 is 1.29 bits per heavy atom. The largest absolute Gasteiger partial charge is 0.490 e. The first kappa shape index (κ1) is 23.8. The number of aliphatic carboxylic acids is 1. The van der Waals surface area contributed by atoms with E-state index in [1.807, 2.05) is 17.0 Å². The predicted molar refractivity (Wildman–Crippen MR) is 103 cm³/mol. The lowest BCUT2D eigenvalue weighted by Crippen LogP contribution is -2.41. The van der Waals surface area contributed by atoms with Gasteiger partial charge in [0.15, 0.2) is 0 Å².